The molecule has 2 aromatic rings. The molecule has 1 aliphatic rings. The second-order valence-corrected chi connectivity index (χ2v) is 6.31. The number of aromatic nitrogens is 2. The highest BCUT2D eigenvalue weighted by Gasteiger charge is 2.22. The number of hydrogen-bond donors (Lipinski definition) is 1. The highest BCUT2D eigenvalue weighted by Crippen LogP contribution is 2.27. The Morgan fingerprint density at radius 1 is 1.38 bits per heavy atom. The molecule has 0 fully saturated rings. The molecule has 128 valence electrons. The molecule has 1 aliphatic heterocycles. The van der Waals surface area contributed by atoms with Crippen molar-refractivity contribution in [2.24, 2.45) is 4.99 Å². The molecule has 0 atom stereocenters. The number of benzene rings is 1. The zero-order valence-corrected chi connectivity index (χ0v) is 14.6. The molecule has 3 rings (SSSR count). The number of nitrogens with zero attached hydrogens (tertiary/aromatic N) is 4. The van der Waals surface area contributed by atoms with Gasteiger partial charge in [-0.25, -0.2) is 0 Å². The molecule has 0 radical (unpaired) electrons. The Morgan fingerprint density at radius 2 is 2.21 bits per heavy atom. The van der Waals surface area contributed by atoms with Crippen molar-refractivity contribution >= 4 is 11.6 Å². The van der Waals surface area contributed by atoms with Crippen molar-refractivity contribution in [2.45, 2.75) is 39.0 Å². The van der Waals surface area contributed by atoms with Gasteiger partial charge < -0.3 is 14.7 Å². The van der Waals surface area contributed by atoms with E-state index in [1.165, 1.54) is 11.3 Å². The third-order valence-corrected chi connectivity index (χ3v) is 4.21. The van der Waals surface area contributed by atoms with Gasteiger partial charge in [-0.05, 0) is 24.5 Å². The molecule has 24 heavy (non-hydrogen) atoms. The maximum Gasteiger partial charge on any atom is 0.226 e. The van der Waals surface area contributed by atoms with Crippen molar-refractivity contribution in [1.29, 1.82) is 0 Å². The first-order valence-electron chi connectivity index (χ1n) is 8.57. The third-order valence-electron chi connectivity index (χ3n) is 4.21. The predicted octanol–water partition coefficient (Wildman–Crippen LogP) is 2.76. The molecular formula is C18H25N5O. The van der Waals surface area contributed by atoms with Gasteiger partial charge in [-0.3, -0.25) is 4.99 Å². The van der Waals surface area contributed by atoms with E-state index in [1.807, 2.05) is 7.05 Å². The molecule has 1 aromatic carbocycles. The molecule has 0 bridgehead atoms. The summed E-state index contributed by atoms with van der Waals surface area (Å²) in [6.45, 7) is 5.92. The second-order valence-electron chi connectivity index (χ2n) is 6.31. The molecule has 0 saturated carbocycles. The van der Waals surface area contributed by atoms with Crippen molar-refractivity contribution in [2.75, 3.05) is 25.0 Å². The summed E-state index contributed by atoms with van der Waals surface area (Å²) in [7, 11) is 1.83. The first-order valence-corrected chi connectivity index (χ1v) is 8.57. The van der Waals surface area contributed by atoms with E-state index in [2.05, 4.69) is 63.5 Å². The summed E-state index contributed by atoms with van der Waals surface area (Å²) < 4.78 is 5.28. The summed E-state index contributed by atoms with van der Waals surface area (Å²) in [5.41, 5.74) is 2.64. The van der Waals surface area contributed by atoms with Crippen LogP contribution in [0.3, 0.4) is 0 Å². The molecule has 0 aliphatic carbocycles. The number of fused-ring (bicyclic) bond motifs is 1. The van der Waals surface area contributed by atoms with Crippen LogP contribution in [0.15, 0.2) is 33.8 Å². The Labute approximate surface area is 143 Å². The number of aryl methyl sites for hydroxylation is 1. The van der Waals surface area contributed by atoms with Gasteiger partial charge in [0.25, 0.3) is 0 Å². The molecule has 0 amide bonds. The quantitative estimate of drug-likeness (QED) is 0.520. The van der Waals surface area contributed by atoms with Crippen LogP contribution in [0.25, 0.3) is 0 Å². The number of guanidine groups is 1. The lowest BCUT2D eigenvalue weighted by atomic mass is 10.2. The van der Waals surface area contributed by atoms with E-state index in [1.54, 1.807) is 0 Å². The van der Waals surface area contributed by atoms with E-state index in [9.17, 15) is 0 Å². The Kier molecular flexibility index (Phi) is 5.13. The van der Waals surface area contributed by atoms with Gasteiger partial charge in [0.2, 0.25) is 5.89 Å². The SMILES string of the molecule is CN=C(NCCCc1nc(C(C)C)no1)N1CCc2ccccc21. The average Bonchev–Trinajstić information content (AvgIpc) is 3.22. The summed E-state index contributed by atoms with van der Waals surface area (Å²) in [4.78, 5) is 11.1. The second kappa shape index (κ2) is 7.47. The smallest absolute Gasteiger partial charge is 0.226 e. The van der Waals surface area contributed by atoms with E-state index >= 15 is 0 Å². The Hall–Kier alpha value is -2.37. The van der Waals surface area contributed by atoms with Crippen LogP contribution in [-0.4, -0.2) is 36.2 Å². The third kappa shape index (κ3) is 3.58. The zero-order chi connectivity index (χ0) is 16.9. The lowest BCUT2D eigenvalue weighted by Crippen LogP contribution is -2.41. The van der Waals surface area contributed by atoms with Crippen molar-refractivity contribution in [3.8, 4) is 0 Å². The van der Waals surface area contributed by atoms with Crippen LogP contribution in [0.1, 0.15) is 43.5 Å². The first-order chi connectivity index (χ1) is 11.7. The highest BCUT2D eigenvalue weighted by molar-refractivity contribution is 5.97. The number of nitrogens with one attached hydrogen (secondary N) is 1. The molecule has 0 saturated heterocycles. The standard InChI is InChI=1S/C18H25N5O/c1-13(2)17-21-16(24-22-17)9-6-11-20-18(19-3)23-12-10-14-7-4-5-8-15(14)23/h4-5,7-8,13H,6,9-12H2,1-3H3,(H,19,20). The summed E-state index contributed by atoms with van der Waals surface area (Å²) >= 11 is 0. The molecule has 1 aromatic heterocycles. The Balaban J connectivity index is 1.50. The minimum absolute atomic E-state index is 0.301. The van der Waals surface area contributed by atoms with Crippen LogP contribution in [0.2, 0.25) is 0 Å². The zero-order valence-electron chi connectivity index (χ0n) is 14.6. The Morgan fingerprint density at radius 3 is 2.96 bits per heavy atom. The molecule has 1 N–H and O–H groups in total. The lowest BCUT2D eigenvalue weighted by molar-refractivity contribution is 0.368. The van der Waals surface area contributed by atoms with Gasteiger partial charge in [0.05, 0.1) is 0 Å². The van der Waals surface area contributed by atoms with Gasteiger partial charge in [0.1, 0.15) is 0 Å². The van der Waals surface area contributed by atoms with Crippen molar-refractivity contribution in [3.63, 3.8) is 0 Å². The van der Waals surface area contributed by atoms with Crippen molar-refractivity contribution in [1.82, 2.24) is 15.5 Å². The molecule has 0 spiro atoms. The lowest BCUT2D eigenvalue weighted by Gasteiger charge is -2.22. The van der Waals surface area contributed by atoms with Gasteiger partial charge in [-0.1, -0.05) is 37.2 Å². The maximum absolute atomic E-state index is 5.28. The molecule has 0 unspecified atom stereocenters. The van der Waals surface area contributed by atoms with E-state index in [0.717, 1.165) is 44.1 Å². The first kappa shape index (κ1) is 16.5. The normalized spacial score (nSPS) is 14.3. The van der Waals surface area contributed by atoms with Gasteiger partial charge in [0, 0.05) is 38.2 Å². The van der Waals surface area contributed by atoms with Gasteiger partial charge in [-0.15, -0.1) is 0 Å². The summed E-state index contributed by atoms with van der Waals surface area (Å²) in [5, 5.41) is 7.43. The van der Waals surface area contributed by atoms with Crippen LogP contribution < -0.4 is 10.2 Å². The molecule has 2 heterocycles. The largest absolute Gasteiger partial charge is 0.356 e. The fourth-order valence-corrected chi connectivity index (χ4v) is 2.90. The van der Waals surface area contributed by atoms with Crippen LogP contribution in [-0.2, 0) is 12.8 Å². The number of aliphatic imine (C=N–C) groups is 1. The number of hydrogen-bond acceptors (Lipinski definition) is 4. The van der Waals surface area contributed by atoms with Crippen molar-refractivity contribution < 1.29 is 4.52 Å². The number of para-hydroxylation sites is 1. The van der Waals surface area contributed by atoms with Crippen LogP contribution in [0, 0.1) is 0 Å². The van der Waals surface area contributed by atoms with Gasteiger partial charge in [-0.2, -0.15) is 4.98 Å². The van der Waals surface area contributed by atoms with Gasteiger partial charge in [0.15, 0.2) is 11.8 Å². The highest BCUT2D eigenvalue weighted by atomic mass is 16.5. The van der Waals surface area contributed by atoms with E-state index in [0.29, 0.717) is 11.8 Å². The van der Waals surface area contributed by atoms with E-state index < -0.39 is 0 Å². The Bertz CT molecular complexity index is 707. The molecular weight excluding hydrogens is 302 g/mol. The summed E-state index contributed by atoms with van der Waals surface area (Å²) in [6, 6.07) is 8.51. The number of anilines is 1. The van der Waals surface area contributed by atoms with Crippen molar-refractivity contribution in [3.05, 3.63) is 41.5 Å². The topological polar surface area (TPSA) is 66.5 Å². The van der Waals surface area contributed by atoms with Crippen LogP contribution >= 0.6 is 0 Å². The fraction of sp³-hybridized carbons (Fsp3) is 0.500. The maximum atomic E-state index is 5.28. The van der Waals surface area contributed by atoms with E-state index in [-0.39, 0.29) is 0 Å². The fourth-order valence-electron chi connectivity index (χ4n) is 2.90. The summed E-state index contributed by atoms with van der Waals surface area (Å²) in [6.07, 6.45) is 2.77. The monoisotopic (exact) mass is 327 g/mol. The minimum Gasteiger partial charge on any atom is -0.356 e. The molecule has 6 nitrogen and oxygen atoms in total. The van der Waals surface area contributed by atoms with E-state index in [4.69, 9.17) is 4.52 Å². The number of rotatable bonds is 5. The van der Waals surface area contributed by atoms with Crippen LogP contribution in [0.4, 0.5) is 5.69 Å². The minimum atomic E-state index is 0.301. The van der Waals surface area contributed by atoms with Gasteiger partial charge >= 0.3 is 0 Å². The average molecular weight is 327 g/mol. The summed E-state index contributed by atoms with van der Waals surface area (Å²) in [5.74, 6) is 2.72. The molecule has 6 heteroatoms. The van der Waals surface area contributed by atoms with Crippen LogP contribution in [0.5, 0.6) is 0 Å². The predicted molar refractivity (Wildman–Crippen MR) is 95.6 cm³/mol.